The van der Waals surface area contributed by atoms with Crippen molar-refractivity contribution in [2.45, 2.75) is 70.1 Å². The van der Waals surface area contributed by atoms with Crippen LogP contribution in [0.15, 0.2) is 43.5 Å². The Morgan fingerprint density at radius 1 is 1.24 bits per heavy atom. The zero-order chi connectivity index (χ0) is 27.4. The van der Waals surface area contributed by atoms with Crippen LogP contribution in [0, 0.1) is 25.7 Å². The molecule has 5 atom stereocenters. The van der Waals surface area contributed by atoms with Crippen LogP contribution in [0.1, 0.15) is 49.7 Å². The predicted octanol–water partition coefficient (Wildman–Crippen LogP) is 3.48. The number of aryl methyl sites for hydroxylation is 2. The summed E-state index contributed by atoms with van der Waals surface area (Å²) in [7, 11) is 0. The summed E-state index contributed by atoms with van der Waals surface area (Å²) in [4.78, 5) is 45.0. The summed E-state index contributed by atoms with van der Waals surface area (Å²) < 4.78 is 12.1. The normalized spacial score (nSPS) is 27.3. The number of hydrogen-bond donors (Lipinski definition) is 1. The fraction of sp³-hybridized carbons (Fsp3) is 0.567. The number of unbranched alkanes of at least 4 members (excludes halogenated alkanes) is 2. The van der Waals surface area contributed by atoms with Crippen molar-refractivity contribution in [3.05, 3.63) is 54.6 Å². The lowest BCUT2D eigenvalue weighted by Gasteiger charge is -2.37. The lowest BCUT2D eigenvalue weighted by Crippen LogP contribution is -2.56. The average Bonchev–Trinajstić information content (AvgIpc) is 3.54. The maximum atomic E-state index is 14.5. The number of likely N-dealkylation sites (tertiary alicyclic amines) is 1. The van der Waals surface area contributed by atoms with Gasteiger partial charge >= 0.3 is 5.97 Å². The minimum Gasteiger partial charge on any atom is -0.465 e. The molecule has 3 fully saturated rings. The van der Waals surface area contributed by atoms with Gasteiger partial charge in [0.25, 0.3) is 5.91 Å². The molecule has 4 rings (SSSR count). The second-order valence-electron chi connectivity index (χ2n) is 10.6. The van der Waals surface area contributed by atoms with E-state index in [1.807, 2.05) is 32.0 Å². The molecule has 2 amide bonds. The minimum absolute atomic E-state index is 0.00146. The molecule has 0 aliphatic carbocycles. The van der Waals surface area contributed by atoms with Gasteiger partial charge in [0.15, 0.2) is 0 Å². The Labute approximate surface area is 225 Å². The number of aliphatic hydroxyl groups is 1. The van der Waals surface area contributed by atoms with E-state index in [0.717, 1.165) is 23.2 Å². The number of hydrogen-bond acceptors (Lipinski definition) is 6. The third-order valence-corrected chi connectivity index (χ3v) is 8.14. The van der Waals surface area contributed by atoms with Crippen LogP contribution < -0.4 is 4.90 Å². The summed E-state index contributed by atoms with van der Waals surface area (Å²) in [5.41, 5.74) is 1.64. The Morgan fingerprint density at radius 2 is 2.03 bits per heavy atom. The number of anilines is 1. The van der Waals surface area contributed by atoms with Crippen LogP contribution in [0.4, 0.5) is 5.69 Å². The number of rotatable bonds is 13. The number of ether oxygens (including phenoxy) is 2. The highest BCUT2D eigenvalue weighted by Crippen LogP contribution is 2.59. The molecule has 8 heteroatoms. The SMILES string of the molecule is C=CCCCOC(=O)[C@@H]1[C@H]2C(=O)N(CCCCO)C(C(=O)N(CC=C)c3cc(C)ccc3C)C23CC[C@H]1O3. The largest absolute Gasteiger partial charge is 0.465 e. The van der Waals surface area contributed by atoms with E-state index in [0.29, 0.717) is 38.6 Å². The first kappa shape index (κ1) is 28.0. The molecule has 1 spiro atoms. The molecule has 2 unspecified atom stereocenters. The van der Waals surface area contributed by atoms with Crippen molar-refractivity contribution < 1.29 is 29.0 Å². The predicted molar refractivity (Wildman–Crippen MR) is 144 cm³/mol. The zero-order valence-corrected chi connectivity index (χ0v) is 22.6. The van der Waals surface area contributed by atoms with E-state index in [9.17, 15) is 19.5 Å². The van der Waals surface area contributed by atoms with Crippen molar-refractivity contribution in [2.75, 3.05) is 31.2 Å². The van der Waals surface area contributed by atoms with Crippen molar-refractivity contribution in [1.82, 2.24) is 4.90 Å². The molecule has 206 valence electrons. The van der Waals surface area contributed by atoms with Crippen LogP contribution in [0.2, 0.25) is 0 Å². The molecule has 3 aliphatic heterocycles. The third kappa shape index (κ3) is 4.92. The van der Waals surface area contributed by atoms with Crippen LogP contribution in [-0.2, 0) is 23.9 Å². The fourth-order valence-corrected chi connectivity index (χ4v) is 6.43. The number of esters is 1. The molecule has 0 radical (unpaired) electrons. The molecule has 0 aromatic heterocycles. The first-order valence-electron chi connectivity index (χ1n) is 13.7. The quantitative estimate of drug-likeness (QED) is 0.241. The number of fused-ring (bicyclic) bond motifs is 1. The molecule has 1 aromatic rings. The van der Waals surface area contributed by atoms with Gasteiger partial charge in [-0.3, -0.25) is 14.4 Å². The van der Waals surface area contributed by atoms with E-state index in [-0.39, 0.29) is 31.6 Å². The summed E-state index contributed by atoms with van der Waals surface area (Å²) in [5.74, 6) is -2.40. The Kier molecular flexibility index (Phi) is 8.73. The van der Waals surface area contributed by atoms with Crippen LogP contribution in [-0.4, -0.2) is 71.8 Å². The number of nitrogens with zero attached hydrogens (tertiary/aromatic N) is 2. The van der Waals surface area contributed by atoms with Crippen LogP contribution >= 0.6 is 0 Å². The van der Waals surface area contributed by atoms with Gasteiger partial charge in [-0.05, 0) is 69.6 Å². The summed E-state index contributed by atoms with van der Waals surface area (Å²) in [6.07, 6.45) is 6.57. The summed E-state index contributed by atoms with van der Waals surface area (Å²) in [6, 6.07) is 5.07. The van der Waals surface area contributed by atoms with Gasteiger partial charge in [-0.15, -0.1) is 13.2 Å². The summed E-state index contributed by atoms with van der Waals surface area (Å²) >= 11 is 0. The molecular weight excluding hydrogens is 484 g/mol. The Balaban J connectivity index is 1.70. The van der Waals surface area contributed by atoms with Crippen LogP contribution in [0.25, 0.3) is 0 Å². The Bertz CT molecular complexity index is 1090. The zero-order valence-electron chi connectivity index (χ0n) is 22.6. The third-order valence-electron chi connectivity index (χ3n) is 8.14. The number of aliphatic hydroxyl groups excluding tert-OH is 1. The van der Waals surface area contributed by atoms with E-state index < -0.39 is 35.6 Å². The van der Waals surface area contributed by atoms with E-state index in [2.05, 4.69) is 13.2 Å². The molecule has 38 heavy (non-hydrogen) atoms. The second-order valence-corrected chi connectivity index (χ2v) is 10.6. The molecule has 3 saturated heterocycles. The molecule has 2 bridgehead atoms. The lowest BCUT2D eigenvalue weighted by atomic mass is 9.70. The number of benzene rings is 1. The lowest BCUT2D eigenvalue weighted by molar-refractivity contribution is -0.155. The highest BCUT2D eigenvalue weighted by Gasteiger charge is 2.75. The topological polar surface area (TPSA) is 96.4 Å². The summed E-state index contributed by atoms with van der Waals surface area (Å²) in [5, 5.41) is 9.36. The first-order chi connectivity index (χ1) is 18.3. The summed E-state index contributed by atoms with van der Waals surface area (Å²) in [6.45, 7) is 12.3. The van der Waals surface area contributed by atoms with Gasteiger partial charge in [-0.25, -0.2) is 0 Å². The van der Waals surface area contributed by atoms with E-state index in [4.69, 9.17) is 9.47 Å². The van der Waals surface area contributed by atoms with Gasteiger partial charge < -0.3 is 24.4 Å². The molecule has 8 nitrogen and oxygen atoms in total. The van der Waals surface area contributed by atoms with Crippen molar-refractivity contribution in [3.63, 3.8) is 0 Å². The monoisotopic (exact) mass is 524 g/mol. The molecule has 0 saturated carbocycles. The molecule has 1 N–H and O–H groups in total. The smallest absolute Gasteiger partial charge is 0.312 e. The van der Waals surface area contributed by atoms with Crippen LogP contribution in [0.3, 0.4) is 0 Å². The van der Waals surface area contributed by atoms with Gasteiger partial charge in [0.05, 0.1) is 24.5 Å². The number of amides is 2. The van der Waals surface area contributed by atoms with E-state index >= 15 is 0 Å². The van der Waals surface area contributed by atoms with Gasteiger partial charge in [0.1, 0.15) is 11.6 Å². The van der Waals surface area contributed by atoms with Crippen molar-refractivity contribution in [2.24, 2.45) is 11.8 Å². The van der Waals surface area contributed by atoms with Crippen LogP contribution in [0.5, 0.6) is 0 Å². The second kappa shape index (κ2) is 11.8. The van der Waals surface area contributed by atoms with Crippen molar-refractivity contribution >= 4 is 23.5 Å². The Morgan fingerprint density at radius 3 is 2.74 bits per heavy atom. The van der Waals surface area contributed by atoms with Gasteiger partial charge in [-0.2, -0.15) is 0 Å². The van der Waals surface area contributed by atoms with Gasteiger partial charge in [0, 0.05) is 25.4 Å². The van der Waals surface area contributed by atoms with E-state index in [1.165, 1.54) is 0 Å². The number of carbonyl (C=O) groups is 3. The standard InChI is InChI=1S/C30H40N2O6/c1-5-7-10-18-37-29(36)24-23-13-14-30(38-23)25(24)27(34)32(16-8-9-17-33)26(30)28(35)31(15-6-2)22-19-20(3)11-12-21(22)4/h5-6,11-12,19,23-26,33H,1-2,7-10,13-18H2,3-4H3/t23-,24+,25+,26?,30?/m1/s1. The fourth-order valence-electron chi connectivity index (χ4n) is 6.43. The number of carbonyl (C=O) groups excluding carboxylic acids is 3. The molecule has 1 aromatic carbocycles. The molecular formula is C30H40N2O6. The average molecular weight is 525 g/mol. The first-order valence-corrected chi connectivity index (χ1v) is 13.7. The maximum absolute atomic E-state index is 14.5. The highest BCUT2D eigenvalue weighted by atomic mass is 16.6. The van der Waals surface area contributed by atoms with Gasteiger partial charge in [-0.1, -0.05) is 24.3 Å². The molecule has 3 heterocycles. The maximum Gasteiger partial charge on any atom is 0.312 e. The highest BCUT2D eigenvalue weighted by molar-refractivity contribution is 6.05. The minimum atomic E-state index is -1.08. The van der Waals surface area contributed by atoms with Crippen molar-refractivity contribution in [3.8, 4) is 0 Å². The van der Waals surface area contributed by atoms with Crippen molar-refractivity contribution in [1.29, 1.82) is 0 Å². The van der Waals surface area contributed by atoms with E-state index in [1.54, 1.807) is 22.0 Å². The molecule has 3 aliphatic rings. The Hall–Kier alpha value is -2.97. The van der Waals surface area contributed by atoms with Gasteiger partial charge in [0.2, 0.25) is 5.91 Å². The number of allylic oxidation sites excluding steroid dienone is 1.